The van der Waals surface area contributed by atoms with E-state index in [1.165, 1.54) is 0 Å². The van der Waals surface area contributed by atoms with Gasteiger partial charge in [0.25, 0.3) is 0 Å². The van der Waals surface area contributed by atoms with E-state index in [9.17, 15) is 0 Å². The molecule has 0 heterocycles. The lowest BCUT2D eigenvalue weighted by Gasteiger charge is -2.09. The summed E-state index contributed by atoms with van der Waals surface area (Å²) in [5.41, 5.74) is 0. The maximum atomic E-state index is 5.50. The van der Waals surface area contributed by atoms with Crippen molar-refractivity contribution in [2.45, 2.75) is 0 Å². The maximum absolute atomic E-state index is 5.50. The molecular formula is C14H20Cl2O4. The van der Waals surface area contributed by atoms with Crippen molar-refractivity contribution in [3.05, 3.63) is 24.3 Å². The first-order valence-electron chi connectivity index (χ1n) is 6.50. The summed E-state index contributed by atoms with van der Waals surface area (Å²) in [7, 11) is 0. The van der Waals surface area contributed by atoms with Crippen LogP contribution in [0.4, 0.5) is 0 Å². The lowest BCUT2D eigenvalue weighted by atomic mass is 10.3. The molecule has 0 atom stereocenters. The van der Waals surface area contributed by atoms with Gasteiger partial charge in [-0.05, 0) is 24.3 Å². The molecular weight excluding hydrogens is 303 g/mol. The van der Waals surface area contributed by atoms with Gasteiger partial charge in [0.2, 0.25) is 0 Å². The summed E-state index contributed by atoms with van der Waals surface area (Å²) >= 11 is 11.0. The lowest BCUT2D eigenvalue weighted by molar-refractivity contribution is 0.110. The first-order chi connectivity index (χ1) is 9.86. The Morgan fingerprint density at radius 1 is 0.600 bits per heavy atom. The molecule has 4 nitrogen and oxygen atoms in total. The Labute approximate surface area is 129 Å². The van der Waals surface area contributed by atoms with Gasteiger partial charge in [-0.1, -0.05) is 0 Å². The molecule has 0 saturated heterocycles. The number of hydrogen-bond donors (Lipinski definition) is 0. The second-order valence-corrected chi connectivity index (χ2v) is 4.53. The molecule has 0 aliphatic rings. The number of benzene rings is 1. The monoisotopic (exact) mass is 322 g/mol. The molecule has 20 heavy (non-hydrogen) atoms. The third-order valence-corrected chi connectivity index (χ3v) is 2.57. The topological polar surface area (TPSA) is 36.9 Å². The van der Waals surface area contributed by atoms with Gasteiger partial charge >= 0.3 is 0 Å². The Kier molecular flexibility index (Phi) is 10.5. The quantitative estimate of drug-likeness (QED) is 0.438. The largest absolute Gasteiger partial charge is 0.491 e. The van der Waals surface area contributed by atoms with Crippen LogP contribution < -0.4 is 9.47 Å². The molecule has 0 N–H and O–H groups in total. The highest BCUT2D eigenvalue weighted by atomic mass is 35.5. The molecule has 0 radical (unpaired) electrons. The first kappa shape index (κ1) is 17.4. The van der Waals surface area contributed by atoms with Gasteiger partial charge in [0.05, 0.1) is 26.4 Å². The Hall–Kier alpha value is -0.680. The molecule has 114 valence electrons. The van der Waals surface area contributed by atoms with Crippen LogP contribution >= 0.6 is 23.2 Å². The van der Waals surface area contributed by atoms with E-state index in [1.807, 2.05) is 24.3 Å². The van der Waals surface area contributed by atoms with Gasteiger partial charge in [0.1, 0.15) is 24.7 Å². The van der Waals surface area contributed by atoms with Crippen molar-refractivity contribution >= 4 is 23.2 Å². The van der Waals surface area contributed by atoms with Crippen molar-refractivity contribution < 1.29 is 18.9 Å². The minimum Gasteiger partial charge on any atom is -0.491 e. The van der Waals surface area contributed by atoms with E-state index < -0.39 is 0 Å². The predicted octanol–water partition coefficient (Wildman–Crippen LogP) is 2.96. The summed E-state index contributed by atoms with van der Waals surface area (Å²) in [5, 5.41) is 0. The Morgan fingerprint density at radius 2 is 1.00 bits per heavy atom. The minimum atomic E-state index is 0.501. The number of rotatable bonds is 12. The zero-order chi connectivity index (χ0) is 14.5. The Balaban J connectivity index is 2.13. The van der Waals surface area contributed by atoms with Crippen LogP contribution in [0.2, 0.25) is 0 Å². The van der Waals surface area contributed by atoms with Crippen molar-refractivity contribution in [1.82, 2.24) is 0 Å². The van der Waals surface area contributed by atoms with Gasteiger partial charge < -0.3 is 18.9 Å². The molecule has 0 unspecified atom stereocenters. The number of ether oxygens (including phenoxy) is 4. The molecule has 1 rings (SSSR count). The van der Waals surface area contributed by atoms with E-state index in [2.05, 4.69) is 0 Å². The Morgan fingerprint density at radius 3 is 1.35 bits per heavy atom. The van der Waals surface area contributed by atoms with Gasteiger partial charge in [-0.3, -0.25) is 0 Å². The van der Waals surface area contributed by atoms with E-state index in [1.54, 1.807) is 0 Å². The number of halogens is 2. The molecule has 0 aliphatic carbocycles. The van der Waals surface area contributed by atoms with Crippen LogP contribution in [0.3, 0.4) is 0 Å². The summed E-state index contributed by atoms with van der Waals surface area (Å²) in [6.07, 6.45) is 0. The molecule has 0 bridgehead atoms. The highest BCUT2D eigenvalue weighted by Crippen LogP contribution is 2.17. The van der Waals surface area contributed by atoms with Gasteiger partial charge in [-0.15, -0.1) is 23.2 Å². The molecule has 0 saturated carbocycles. The molecule has 1 aromatic carbocycles. The van der Waals surface area contributed by atoms with Crippen molar-refractivity contribution in [1.29, 1.82) is 0 Å². The molecule has 0 spiro atoms. The Bertz CT molecular complexity index is 299. The smallest absolute Gasteiger partial charge is 0.119 e. The zero-order valence-electron chi connectivity index (χ0n) is 11.4. The second-order valence-electron chi connectivity index (χ2n) is 3.77. The summed E-state index contributed by atoms with van der Waals surface area (Å²) < 4.78 is 21.4. The van der Waals surface area contributed by atoms with E-state index in [4.69, 9.17) is 42.1 Å². The molecule has 0 aromatic heterocycles. The predicted molar refractivity (Wildman–Crippen MR) is 80.5 cm³/mol. The van der Waals surface area contributed by atoms with Crippen molar-refractivity contribution in [3.63, 3.8) is 0 Å². The summed E-state index contributed by atoms with van der Waals surface area (Å²) in [5.74, 6) is 2.57. The number of hydrogen-bond acceptors (Lipinski definition) is 4. The summed E-state index contributed by atoms with van der Waals surface area (Å²) in [4.78, 5) is 0. The van der Waals surface area contributed by atoms with Crippen LogP contribution in [-0.2, 0) is 9.47 Å². The van der Waals surface area contributed by atoms with Crippen molar-refractivity contribution in [2.75, 3.05) is 51.4 Å². The molecule has 0 fully saturated rings. The fourth-order valence-electron chi connectivity index (χ4n) is 1.38. The van der Waals surface area contributed by atoms with Gasteiger partial charge in [-0.25, -0.2) is 0 Å². The van der Waals surface area contributed by atoms with Crippen LogP contribution in [-0.4, -0.2) is 51.4 Å². The van der Waals surface area contributed by atoms with Gasteiger partial charge in [0.15, 0.2) is 0 Å². The van der Waals surface area contributed by atoms with Crippen molar-refractivity contribution in [2.24, 2.45) is 0 Å². The van der Waals surface area contributed by atoms with E-state index >= 15 is 0 Å². The van der Waals surface area contributed by atoms with Crippen LogP contribution in [0.25, 0.3) is 0 Å². The highest BCUT2D eigenvalue weighted by molar-refractivity contribution is 6.18. The fourth-order valence-corrected chi connectivity index (χ4v) is 1.60. The average Bonchev–Trinajstić information content (AvgIpc) is 2.48. The van der Waals surface area contributed by atoms with E-state index in [0.29, 0.717) is 51.4 Å². The minimum absolute atomic E-state index is 0.501. The SMILES string of the molecule is ClCCOCCOc1ccc(OCCOCCCl)cc1. The highest BCUT2D eigenvalue weighted by Gasteiger charge is 1.97. The first-order valence-corrected chi connectivity index (χ1v) is 7.57. The normalized spacial score (nSPS) is 10.5. The van der Waals surface area contributed by atoms with Crippen molar-refractivity contribution in [3.8, 4) is 11.5 Å². The molecule has 0 aliphatic heterocycles. The van der Waals surface area contributed by atoms with Gasteiger partial charge in [0, 0.05) is 11.8 Å². The average molecular weight is 323 g/mol. The van der Waals surface area contributed by atoms with E-state index in [0.717, 1.165) is 11.5 Å². The lowest BCUT2D eigenvalue weighted by Crippen LogP contribution is -2.08. The van der Waals surface area contributed by atoms with E-state index in [-0.39, 0.29) is 0 Å². The number of alkyl halides is 2. The summed E-state index contributed by atoms with van der Waals surface area (Å²) in [6.45, 7) is 3.16. The molecule has 6 heteroatoms. The third kappa shape index (κ3) is 8.48. The standard InChI is InChI=1S/C14H20Cl2O4/c15-5-7-17-9-11-19-13-1-2-14(4-3-13)20-12-10-18-8-6-16/h1-4H,5-12H2. The molecule has 1 aromatic rings. The van der Waals surface area contributed by atoms with Crippen LogP contribution in [0, 0.1) is 0 Å². The van der Waals surface area contributed by atoms with Gasteiger partial charge in [-0.2, -0.15) is 0 Å². The third-order valence-electron chi connectivity index (χ3n) is 2.26. The zero-order valence-corrected chi connectivity index (χ0v) is 12.9. The van der Waals surface area contributed by atoms with Crippen LogP contribution in [0.5, 0.6) is 11.5 Å². The summed E-state index contributed by atoms with van der Waals surface area (Å²) in [6, 6.07) is 7.43. The van der Waals surface area contributed by atoms with Crippen LogP contribution in [0.15, 0.2) is 24.3 Å². The maximum Gasteiger partial charge on any atom is 0.119 e. The second kappa shape index (κ2) is 12.1. The van der Waals surface area contributed by atoms with Crippen LogP contribution in [0.1, 0.15) is 0 Å². The fraction of sp³-hybridized carbons (Fsp3) is 0.571. The molecule has 0 amide bonds.